The van der Waals surface area contributed by atoms with Crippen LogP contribution in [0.25, 0.3) is 0 Å². The van der Waals surface area contributed by atoms with Crippen LogP contribution in [0, 0.1) is 0 Å². The monoisotopic (exact) mass is 301 g/mol. The molecule has 110 valence electrons. The number of aliphatic hydroxyl groups excluding tert-OH is 1. The first-order chi connectivity index (χ1) is 9.58. The highest BCUT2D eigenvalue weighted by molar-refractivity contribution is 7.99. The van der Waals surface area contributed by atoms with Gasteiger partial charge in [-0.15, -0.1) is 5.10 Å². The fourth-order valence-corrected chi connectivity index (χ4v) is 2.26. The van der Waals surface area contributed by atoms with Crippen molar-refractivity contribution in [1.29, 1.82) is 0 Å². The van der Waals surface area contributed by atoms with Gasteiger partial charge in [0.25, 0.3) is 0 Å². The number of rotatable bonds is 8. The minimum absolute atomic E-state index is 0.0223. The largest absolute Gasteiger partial charge is 0.479 e. The number of amides is 1. The van der Waals surface area contributed by atoms with Gasteiger partial charge in [-0.1, -0.05) is 11.8 Å². The maximum atomic E-state index is 11.5. The molecule has 0 radical (unpaired) electrons. The number of aromatic nitrogens is 4. The van der Waals surface area contributed by atoms with E-state index in [0.29, 0.717) is 11.2 Å². The summed E-state index contributed by atoms with van der Waals surface area (Å²) < 4.78 is 1.71. The van der Waals surface area contributed by atoms with Crippen molar-refractivity contribution < 1.29 is 19.8 Å². The summed E-state index contributed by atoms with van der Waals surface area (Å²) in [5.74, 6) is -1.40. The third-order valence-corrected chi connectivity index (χ3v) is 3.65. The molecule has 1 aromatic rings. The Balaban J connectivity index is 1.67. The second kappa shape index (κ2) is 6.66. The molecule has 0 aliphatic heterocycles. The lowest BCUT2D eigenvalue weighted by molar-refractivity contribution is -0.147. The third-order valence-electron chi connectivity index (χ3n) is 2.71. The summed E-state index contributed by atoms with van der Waals surface area (Å²) >= 11 is 1.23. The molecule has 1 unspecified atom stereocenters. The second-order valence-corrected chi connectivity index (χ2v) is 5.36. The lowest BCUT2D eigenvalue weighted by atomic mass is 10.2. The van der Waals surface area contributed by atoms with Crippen LogP contribution in [0.3, 0.4) is 0 Å². The Bertz CT molecular complexity index is 490. The summed E-state index contributed by atoms with van der Waals surface area (Å²) in [6.45, 7) is 0.112. The van der Waals surface area contributed by atoms with Crippen molar-refractivity contribution in [3.63, 3.8) is 0 Å². The van der Waals surface area contributed by atoms with Gasteiger partial charge in [0.15, 0.2) is 6.10 Å². The van der Waals surface area contributed by atoms with Crippen LogP contribution in [0.2, 0.25) is 0 Å². The van der Waals surface area contributed by atoms with E-state index in [1.807, 2.05) is 0 Å². The minimum atomic E-state index is -1.45. The first-order valence-corrected chi connectivity index (χ1v) is 7.14. The molecule has 1 aromatic heterocycles. The number of nitrogens with zero attached hydrogens (tertiary/aromatic N) is 4. The van der Waals surface area contributed by atoms with E-state index in [9.17, 15) is 9.59 Å². The maximum absolute atomic E-state index is 11.5. The van der Waals surface area contributed by atoms with Crippen molar-refractivity contribution in [2.45, 2.75) is 36.6 Å². The van der Waals surface area contributed by atoms with Crippen molar-refractivity contribution in [1.82, 2.24) is 25.5 Å². The Morgan fingerprint density at radius 1 is 1.50 bits per heavy atom. The lowest BCUT2D eigenvalue weighted by Gasteiger charge is -2.07. The summed E-state index contributed by atoms with van der Waals surface area (Å²) in [5.41, 5.74) is 0. The molecular formula is C10H15N5O4S. The molecule has 0 aromatic carbocycles. The normalized spacial score (nSPS) is 15.8. The Hall–Kier alpha value is -1.68. The van der Waals surface area contributed by atoms with E-state index in [0.717, 1.165) is 12.8 Å². The molecule has 1 saturated carbocycles. The zero-order valence-electron chi connectivity index (χ0n) is 10.6. The fourth-order valence-electron chi connectivity index (χ4n) is 1.48. The molecule has 10 heteroatoms. The number of nitrogens with one attached hydrogen (secondary N) is 1. The highest BCUT2D eigenvalue weighted by atomic mass is 32.2. The average molecular weight is 301 g/mol. The molecule has 0 bridgehead atoms. The number of hydrogen-bond acceptors (Lipinski definition) is 7. The molecule has 1 aliphatic rings. The highest BCUT2D eigenvalue weighted by Gasteiger charge is 2.28. The Morgan fingerprint density at radius 2 is 2.25 bits per heavy atom. The van der Waals surface area contributed by atoms with Gasteiger partial charge < -0.3 is 15.5 Å². The number of aliphatic hydroxyl groups is 1. The Labute approximate surface area is 118 Å². The topological polar surface area (TPSA) is 130 Å². The summed E-state index contributed by atoms with van der Waals surface area (Å²) in [4.78, 5) is 21.9. The zero-order valence-corrected chi connectivity index (χ0v) is 11.4. The van der Waals surface area contributed by atoms with E-state index < -0.39 is 12.1 Å². The van der Waals surface area contributed by atoms with E-state index >= 15 is 0 Å². The zero-order chi connectivity index (χ0) is 14.5. The average Bonchev–Trinajstić information content (AvgIpc) is 3.15. The number of carbonyl (C=O) groups excluding carboxylic acids is 1. The van der Waals surface area contributed by atoms with Gasteiger partial charge in [0.2, 0.25) is 11.1 Å². The smallest absolute Gasteiger partial charge is 0.332 e. The van der Waals surface area contributed by atoms with Gasteiger partial charge in [-0.25, -0.2) is 9.48 Å². The van der Waals surface area contributed by atoms with Gasteiger partial charge in [-0.2, -0.15) is 0 Å². The van der Waals surface area contributed by atoms with Gasteiger partial charge in [0, 0.05) is 13.0 Å². The van der Waals surface area contributed by atoms with E-state index in [1.54, 1.807) is 4.68 Å². The molecule has 9 nitrogen and oxygen atoms in total. The molecule has 1 amide bonds. The standard InChI is InChI=1S/C10H15N5O4S/c16-7(9(18)19)3-4-11-8(17)5-20-10-12-13-14-15(10)6-1-2-6/h6-7,16H,1-5H2,(H,11,17)(H,18,19). The molecule has 3 N–H and O–H groups in total. The van der Waals surface area contributed by atoms with Crippen LogP contribution in [0.1, 0.15) is 25.3 Å². The van der Waals surface area contributed by atoms with Crippen LogP contribution < -0.4 is 5.32 Å². The first-order valence-electron chi connectivity index (χ1n) is 6.16. The summed E-state index contributed by atoms with van der Waals surface area (Å²) in [5, 5.41) is 31.9. The molecule has 1 atom stereocenters. The molecule has 1 aliphatic carbocycles. The highest BCUT2D eigenvalue weighted by Crippen LogP contribution is 2.36. The number of carboxylic acids is 1. The first kappa shape index (κ1) is 14.7. The Kier molecular flexibility index (Phi) is 4.90. The molecule has 1 heterocycles. The van der Waals surface area contributed by atoms with Crippen molar-refractivity contribution in [2.24, 2.45) is 0 Å². The SMILES string of the molecule is O=C(CSc1nnnn1C1CC1)NCCC(O)C(=O)O. The van der Waals surface area contributed by atoms with E-state index in [2.05, 4.69) is 20.8 Å². The third kappa shape index (κ3) is 4.17. The van der Waals surface area contributed by atoms with Crippen LogP contribution in [0.5, 0.6) is 0 Å². The number of aliphatic carboxylic acids is 1. The Morgan fingerprint density at radius 3 is 2.90 bits per heavy atom. The maximum Gasteiger partial charge on any atom is 0.332 e. The second-order valence-electron chi connectivity index (χ2n) is 4.42. The number of hydrogen-bond donors (Lipinski definition) is 3. The van der Waals surface area contributed by atoms with Crippen LogP contribution in [0.15, 0.2) is 5.16 Å². The molecule has 1 fully saturated rings. The number of thioether (sulfide) groups is 1. The summed E-state index contributed by atoms with van der Waals surface area (Å²) in [7, 11) is 0. The van der Waals surface area contributed by atoms with Crippen LogP contribution >= 0.6 is 11.8 Å². The van der Waals surface area contributed by atoms with Gasteiger partial charge >= 0.3 is 5.97 Å². The molecular weight excluding hydrogens is 286 g/mol. The molecule has 20 heavy (non-hydrogen) atoms. The van der Waals surface area contributed by atoms with Crippen molar-refractivity contribution in [3.05, 3.63) is 0 Å². The fraction of sp³-hybridized carbons (Fsp3) is 0.700. The van der Waals surface area contributed by atoms with Gasteiger partial charge in [-0.3, -0.25) is 4.79 Å². The van der Waals surface area contributed by atoms with Crippen molar-refractivity contribution >= 4 is 23.6 Å². The van der Waals surface area contributed by atoms with Crippen LogP contribution in [0.4, 0.5) is 0 Å². The lowest BCUT2D eigenvalue weighted by Crippen LogP contribution is -2.31. The van der Waals surface area contributed by atoms with Crippen molar-refractivity contribution in [2.75, 3.05) is 12.3 Å². The number of tetrazole rings is 1. The summed E-state index contributed by atoms with van der Waals surface area (Å²) in [6.07, 6.45) is 0.631. The van der Waals surface area contributed by atoms with Gasteiger partial charge in [0.05, 0.1) is 11.8 Å². The van der Waals surface area contributed by atoms with Crippen molar-refractivity contribution in [3.8, 4) is 0 Å². The van der Waals surface area contributed by atoms with Crippen LogP contribution in [-0.2, 0) is 9.59 Å². The number of carboxylic acid groups (broad SMARTS) is 1. The van der Waals surface area contributed by atoms with E-state index in [-0.39, 0.29) is 24.6 Å². The van der Waals surface area contributed by atoms with Gasteiger partial charge in [-0.05, 0) is 23.3 Å². The molecule has 2 rings (SSSR count). The van der Waals surface area contributed by atoms with E-state index in [1.165, 1.54) is 11.8 Å². The predicted molar refractivity (Wildman–Crippen MR) is 68.1 cm³/mol. The van der Waals surface area contributed by atoms with Gasteiger partial charge in [0.1, 0.15) is 0 Å². The summed E-state index contributed by atoms with van der Waals surface area (Å²) in [6, 6.07) is 0.348. The van der Waals surface area contributed by atoms with E-state index in [4.69, 9.17) is 10.2 Å². The number of carbonyl (C=O) groups is 2. The van der Waals surface area contributed by atoms with Crippen LogP contribution in [-0.4, -0.2) is 60.7 Å². The minimum Gasteiger partial charge on any atom is -0.479 e. The molecule has 0 saturated heterocycles. The molecule has 0 spiro atoms. The quantitative estimate of drug-likeness (QED) is 0.524. The predicted octanol–water partition coefficient (Wildman–Crippen LogP) is -0.948.